The van der Waals surface area contributed by atoms with Gasteiger partial charge in [-0.2, -0.15) is 0 Å². The summed E-state index contributed by atoms with van der Waals surface area (Å²) in [5, 5.41) is 14.3. The van der Waals surface area contributed by atoms with Crippen LogP contribution in [0.1, 0.15) is 33.1 Å². The molecule has 6 heteroatoms. The van der Waals surface area contributed by atoms with E-state index in [2.05, 4.69) is 21.4 Å². The molecule has 0 aliphatic heterocycles. The third kappa shape index (κ3) is 3.30. The predicted molar refractivity (Wildman–Crippen MR) is 114 cm³/mol. The van der Waals surface area contributed by atoms with Crippen molar-refractivity contribution >= 4 is 27.5 Å². The summed E-state index contributed by atoms with van der Waals surface area (Å²) in [6, 6.07) is 15.0. The van der Waals surface area contributed by atoms with E-state index in [0.717, 1.165) is 37.5 Å². The molecule has 4 aromatic rings. The van der Waals surface area contributed by atoms with Crippen molar-refractivity contribution in [2.45, 2.75) is 25.5 Å². The first-order valence-electron chi connectivity index (χ1n) is 9.48. The number of hydrogen-bond acceptors (Lipinski definition) is 5. The highest BCUT2D eigenvalue weighted by Gasteiger charge is 2.32. The van der Waals surface area contributed by atoms with Gasteiger partial charge in [0, 0.05) is 29.9 Å². The molecule has 2 atom stereocenters. The van der Waals surface area contributed by atoms with Gasteiger partial charge in [0.15, 0.2) is 0 Å². The van der Waals surface area contributed by atoms with Crippen LogP contribution in [0, 0.1) is 6.92 Å². The first-order chi connectivity index (χ1) is 14.1. The normalized spacial score (nSPS) is 18.0. The van der Waals surface area contributed by atoms with E-state index >= 15 is 0 Å². The molecule has 0 bridgehead atoms. The molecule has 5 rings (SSSR count). The largest absolute Gasteiger partial charge is 0.390 e. The van der Waals surface area contributed by atoms with E-state index in [-0.39, 0.29) is 11.9 Å². The number of rotatable bonds is 3. The highest BCUT2D eigenvalue weighted by atomic mass is 32.1. The number of aliphatic hydroxyl groups excluding tert-OH is 1. The molecule has 1 aliphatic rings. The quantitative estimate of drug-likeness (QED) is 0.543. The highest BCUT2D eigenvalue weighted by Crippen LogP contribution is 2.33. The van der Waals surface area contributed by atoms with E-state index < -0.39 is 6.10 Å². The summed E-state index contributed by atoms with van der Waals surface area (Å²) < 4.78 is 0.946. The number of thiazole rings is 1. The first-order valence-corrected chi connectivity index (χ1v) is 10.3. The van der Waals surface area contributed by atoms with Gasteiger partial charge in [0.2, 0.25) is 0 Å². The van der Waals surface area contributed by atoms with Gasteiger partial charge in [0.1, 0.15) is 5.01 Å². The number of nitrogens with one attached hydrogen (secondary N) is 1. The Morgan fingerprint density at radius 1 is 1.17 bits per heavy atom. The monoisotopic (exact) mass is 401 g/mol. The molecule has 0 radical (unpaired) electrons. The van der Waals surface area contributed by atoms with Gasteiger partial charge in [-0.15, -0.1) is 11.3 Å². The fourth-order valence-corrected chi connectivity index (χ4v) is 4.82. The van der Waals surface area contributed by atoms with Crippen molar-refractivity contribution in [1.29, 1.82) is 0 Å². The summed E-state index contributed by atoms with van der Waals surface area (Å²) in [5.74, 6) is -0.195. The predicted octanol–water partition coefficient (Wildman–Crippen LogP) is 4.05. The maximum atomic E-state index is 12.9. The minimum Gasteiger partial charge on any atom is -0.390 e. The number of aliphatic hydroxyl groups is 1. The Hall–Kier alpha value is -3.09. The molecule has 5 nitrogen and oxygen atoms in total. The van der Waals surface area contributed by atoms with E-state index in [9.17, 15) is 9.90 Å². The van der Waals surface area contributed by atoms with Gasteiger partial charge in [-0.25, -0.2) is 4.98 Å². The van der Waals surface area contributed by atoms with E-state index in [1.807, 2.05) is 49.5 Å². The van der Waals surface area contributed by atoms with Crippen LogP contribution in [0.2, 0.25) is 0 Å². The van der Waals surface area contributed by atoms with Gasteiger partial charge < -0.3 is 10.4 Å². The molecule has 0 fully saturated rings. The van der Waals surface area contributed by atoms with Crippen LogP contribution in [-0.4, -0.2) is 27.1 Å². The van der Waals surface area contributed by atoms with E-state index in [1.165, 1.54) is 0 Å². The maximum absolute atomic E-state index is 12.9. The van der Waals surface area contributed by atoms with Gasteiger partial charge in [0.05, 0.1) is 22.4 Å². The second-order valence-electron chi connectivity index (χ2n) is 7.37. The molecule has 1 amide bonds. The van der Waals surface area contributed by atoms with Crippen LogP contribution >= 0.6 is 11.3 Å². The van der Waals surface area contributed by atoms with Crippen LogP contribution in [0.25, 0.3) is 20.8 Å². The van der Waals surface area contributed by atoms with Crippen molar-refractivity contribution in [3.63, 3.8) is 0 Å². The summed E-state index contributed by atoms with van der Waals surface area (Å²) in [7, 11) is 0. The lowest BCUT2D eigenvalue weighted by Crippen LogP contribution is -2.33. The number of aromatic nitrogens is 2. The molecule has 0 saturated carbocycles. The summed E-state index contributed by atoms with van der Waals surface area (Å²) in [5.41, 5.74) is 5.54. The Morgan fingerprint density at radius 2 is 2.03 bits per heavy atom. The molecule has 2 heterocycles. The standard InChI is InChI=1S/C23H19N3O2S/c1-13-8-16(12-24-11-13)23-25-18-7-6-15(10-20(18)29-23)22(28)26-21-17-5-3-2-4-14(17)9-19(21)27/h2-8,10-12,19,21,27H,9H2,1H3,(H,26,28)/t19-,21-/m0/s1. The van der Waals surface area contributed by atoms with Gasteiger partial charge in [-0.3, -0.25) is 9.78 Å². The van der Waals surface area contributed by atoms with Crippen molar-refractivity contribution < 1.29 is 9.90 Å². The molecule has 144 valence electrons. The zero-order chi connectivity index (χ0) is 20.0. The van der Waals surface area contributed by atoms with Gasteiger partial charge in [0.25, 0.3) is 5.91 Å². The molecular formula is C23H19N3O2S. The molecule has 29 heavy (non-hydrogen) atoms. The average Bonchev–Trinajstić information content (AvgIpc) is 3.28. The number of nitrogens with zero attached hydrogens (tertiary/aromatic N) is 2. The molecule has 0 saturated heterocycles. The number of pyridine rings is 1. The lowest BCUT2D eigenvalue weighted by atomic mass is 10.1. The summed E-state index contributed by atoms with van der Waals surface area (Å²) in [6.45, 7) is 2.00. The second-order valence-corrected chi connectivity index (χ2v) is 8.40. The smallest absolute Gasteiger partial charge is 0.251 e. The average molecular weight is 401 g/mol. The number of carbonyl (C=O) groups is 1. The minimum absolute atomic E-state index is 0.195. The summed E-state index contributed by atoms with van der Waals surface area (Å²) in [4.78, 5) is 21.8. The number of amides is 1. The number of carbonyl (C=O) groups excluding carboxylic acids is 1. The lowest BCUT2D eigenvalue weighted by molar-refractivity contribution is 0.0858. The minimum atomic E-state index is -0.607. The van der Waals surface area contributed by atoms with Crippen LogP contribution < -0.4 is 5.32 Å². The zero-order valence-corrected chi connectivity index (χ0v) is 16.6. The zero-order valence-electron chi connectivity index (χ0n) is 15.8. The van der Waals surface area contributed by atoms with Gasteiger partial charge in [-0.05, 0) is 47.9 Å². The molecule has 0 spiro atoms. The topological polar surface area (TPSA) is 75.1 Å². The Morgan fingerprint density at radius 3 is 2.90 bits per heavy atom. The van der Waals surface area contributed by atoms with Crippen molar-refractivity contribution in [1.82, 2.24) is 15.3 Å². The Balaban J connectivity index is 1.42. The summed E-state index contributed by atoms with van der Waals surface area (Å²) >= 11 is 1.54. The molecule has 2 aromatic carbocycles. The molecule has 2 aromatic heterocycles. The first kappa shape index (κ1) is 18.0. The van der Waals surface area contributed by atoms with Crippen LogP contribution in [-0.2, 0) is 6.42 Å². The SMILES string of the molecule is Cc1cncc(-c2nc3ccc(C(=O)N[C@H]4c5ccccc5C[C@@H]4O)cc3s2)c1. The second kappa shape index (κ2) is 7.06. The number of hydrogen-bond donors (Lipinski definition) is 2. The lowest BCUT2D eigenvalue weighted by Gasteiger charge is -2.18. The Kier molecular flexibility index (Phi) is 4.38. The fourth-order valence-electron chi connectivity index (χ4n) is 3.83. The highest BCUT2D eigenvalue weighted by molar-refractivity contribution is 7.21. The molecule has 0 unspecified atom stereocenters. The van der Waals surface area contributed by atoms with Crippen LogP contribution in [0.4, 0.5) is 0 Å². The van der Waals surface area contributed by atoms with E-state index in [1.54, 1.807) is 23.6 Å². The Bertz CT molecular complexity index is 1230. The molecule has 2 N–H and O–H groups in total. The van der Waals surface area contributed by atoms with Crippen LogP contribution in [0.5, 0.6) is 0 Å². The van der Waals surface area contributed by atoms with Gasteiger partial charge in [-0.1, -0.05) is 24.3 Å². The summed E-state index contributed by atoms with van der Waals surface area (Å²) in [6.07, 6.45) is 3.57. The van der Waals surface area contributed by atoms with Crippen molar-refractivity contribution in [2.75, 3.05) is 0 Å². The number of fused-ring (bicyclic) bond motifs is 2. The molecular weight excluding hydrogens is 382 g/mol. The maximum Gasteiger partial charge on any atom is 0.251 e. The Labute approximate surface area is 172 Å². The third-order valence-corrected chi connectivity index (χ3v) is 6.33. The van der Waals surface area contributed by atoms with Gasteiger partial charge >= 0.3 is 0 Å². The fraction of sp³-hybridized carbons (Fsp3) is 0.174. The van der Waals surface area contributed by atoms with Crippen LogP contribution in [0.3, 0.4) is 0 Å². The van der Waals surface area contributed by atoms with Crippen molar-refractivity contribution in [3.8, 4) is 10.6 Å². The molecule has 1 aliphatic carbocycles. The van der Waals surface area contributed by atoms with Crippen molar-refractivity contribution in [3.05, 3.63) is 83.2 Å². The number of benzene rings is 2. The number of aryl methyl sites for hydroxylation is 1. The third-order valence-electron chi connectivity index (χ3n) is 5.26. The van der Waals surface area contributed by atoms with E-state index in [0.29, 0.717) is 12.0 Å². The van der Waals surface area contributed by atoms with E-state index in [4.69, 9.17) is 0 Å². The van der Waals surface area contributed by atoms with Crippen molar-refractivity contribution in [2.24, 2.45) is 0 Å². The van der Waals surface area contributed by atoms with Crippen LogP contribution in [0.15, 0.2) is 60.9 Å².